The zero-order chi connectivity index (χ0) is 23.4. The first-order valence-corrected chi connectivity index (χ1v) is 12.0. The minimum atomic E-state index is -0.763. The van der Waals surface area contributed by atoms with E-state index < -0.39 is 5.41 Å². The summed E-state index contributed by atoms with van der Waals surface area (Å²) in [6.45, 7) is 4.52. The second-order valence-corrected chi connectivity index (χ2v) is 9.27. The maximum atomic E-state index is 14.2. The fraction of sp³-hybridized carbons (Fsp3) is 0.267. The summed E-state index contributed by atoms with van der Waals surface area (Å²) >= 11 is 0. The van der Waals surface area contributed by atoms with E-state index in [-0.39, 0.29) is 11.8 Å². The van der Waals surface area contributed by atoms with E-state index in [1.807, 2.05) is 59.8 Å². The highest BCUT2D eigenvalue weighted by atomic mass is 16.5. The molecule has 4 aromatic rings. The van der Waals surface area contributed by atoms with Gasteiger partial charge in [0.15, 0.2) is 0 Å². The molecule has 34 heavy (non-hydrogen) atoms. The lowest BCUT2D eigenvalue weighted by atomic mass is 9.75. The first kappa shape index (κ1) is 22.3. The van der Waals surface area contributed by atoms with Gasteiger partial charge in [-0.25, -0.2) is 0 Å². The van der Waals surface area contributed by atoms with Crippen molar-refractivity contribution in [3.8, 4) is 0 Å². The largest absolute Gasteiger partial charge is 0.379 e. The van der Waals surface area contributed by atoms with E-state index in [9.17, 15) is 4.79 Å². The van der Waals surface area contributed by atoms with Gasteiger partial charge in [-0.2, -0.15) is 0 Å². The molecule has 4 heteroatoms. The molecule has 1 aliphatic heterocycles. The molecule has 1 aromatic heterocycles. The Labute approximate surface area is 201 Å². The van der Waals surface area contributed by atoms with Crippen molar-refractivity contribution in [2.45, 2.75) is 18.8 Å². The second kappa shape index (κ2) is 9.78. The van der Waals surface area contributed by atoms with Gasteiger partial charge in [-0.15, -0.1) is 0 Å². The van der Waals surface area contributed by atoms with Crippen LogP contribution in [0.25, 0.3) is 10.8 Å². The summed E-state index contributed by atoms with van der Waals surface area (Å²) in [4.78, 5) is 20.6. The van der Waals surface area contributed by atoms with E-state index in [2.05, 4.69) is 54.4 Å². The highest BCUT2D eigenvalue weighted by Gasteiger charge is 2.41. The molecule has 0 N–H and O–H groups in total. The standard InChI is InChI=1S/C30H30N2O2/c1-30(26-11-4-2-5-12-26,27-13-6-3-7-14-27)29(33)32-17-18-34-22-23(21-32)19-25-10-8-9-24-15-16-31-20-28(24)25/h2-16,20,23H,17-19,21-22H2,1H3. The van der Waals surface area contributed by atoms with Crippen LogP contribution < -0.4 is 0 Å². The number of hydrogen-bond acceptors (Lipinski definition) is 3. The molecule has 0 spiro atoms. The number of hydrogen-bond donors (Lipinski definition) is 0. The van der Waals surface area contributed by atoms with Crippen LogP contribution in [0.3, 0.4) is 0 Å². The Balaban J connectivity index is 1.45. The van der Waals surface area contributed by atoms with Crippen LogP contribution in [-0.4, -0.2) is 42.1 Å². The van der Waals surface area contributed by atoms with Gasteiger partial charge < -0.3 is 9.64 Å². The molecule has 1 unspecified atom stereocenters. The van der Waals surface area contributed by atoms with Gasteiger partial charge in [0.25, 0.3) is 0 Å². The minimum Gasteiger partial charge on any atom is -0.379 e. The molecule has 1 amide bonds. The number of benzene rings is 3. The van der Waals surface area contributed by atoms with Gasteiger partial charge in [-0.3, -0.25) is 9.78 Å². The van der Waals surface area contributed by atoms with E-state index in [1.54, 1.807) is 0 Å². The molecule has 0 saturated carbocycles. The number of rotatable bonds is 5. The molecule has 0 bridgehead atoms. The third-order valence-electron chi connectivity index (χ3n) is 7.04. The second-order valence-electron chi connectivity index (χ2n) is 9.27. The summed E-state index contributed by atoms with van der Waals surface area (Å²) in [6.07, 6.45) is 4.61. The highest BCUT2D eigenvalue weighted by molar-refractivity contribution is 5.92. The van der Waals surface area contributed by atoms with Crippen molar-refractivity contribution in [1.29, 1.82) is 0 Å². The Morgan fingerprint density at radius 2 is 1.68 bits per heavy atom. The van der Waals surface area contributed by atoms with E-state index in [1.165, 1.54) is 16.3 Å². The van der Waals surface area contributed by atoms with E-state index in [4.69, 9.17) is 4.74 Å². The van der Waals surface area contributed by atoms with Crippen LogP contribution in [-0.2, 0) is 21.4 Å². The molecule has 1 fully saturated rings. The number of pyridine rings is 1. The van der Waals surface area contributed by atoms with Crippen molar-refractivity contribution in [2.24, 2.45) is 5.92 Å². The smallest absolute Gasteiger partial charge is 0.237 e. The molecule has 1 atom stereocenters. The predicted octanol–water partition coefficient (Wildman–Crippen LogP) is 5.26. The fourth-order valence-electron chi connectivity index (χ4n) is 5.13. The Morgan fingerprint density at radius 1 is 0.971 bits per heavy atom. The SMILES string of the molecule is CC(C(=O)N1CCOCC(Cc2cccc3ccncc23)C1)(c1ccccc1)c1ccccc1. The van der Waals surface area contributed by atoms with Gasteiger partial charge in [0.2, 0.25) is 5.91 Å². The number of aromatic nitrogens is 1. The molecule has 172 valence electrons. The zero-order valence-corrected chi connectivity index (χ0v) is 19.6. The third kappa shape index (κ3) is 4.34. The molecule has 0 radical (unpaired) electrons. The molecular weight excluding hydrogens is 420 g/mol. The first-order chi connectivity index (χ1) is 16.7. The van der Waals surface area contributed by atoms with Crippen molar-refractivity contribution >= 4 is 16.7 Å². The van der Waals surface area contributed by atoms with Crippen LogP contribution in [0, 0.1) is 5.92 Å². The molecular formula is C30H30N2O2. The first-order valence-electron chi connectivity index (χ1n) is 12.0. The average Bonchev–Trinajstić information content (AvgIpc) is 3.14. The quantitative estimate of drug-likeness (QED) is 0.417. The molecule has 1 aliphatic rings. The van der Waals surface area contributed by atoms with Crippen LogP contribution >= 0.6 is 0 Å². The molecule has 1 saturated heterocycles. The van der Waals surface area contributed by atoms with Crippen molar-refractivity contribution < 1.29 is 9.53 Å². The molecule has 0 aliphatic carbocycles. The number of carbonyl (C=O) groups excluding carboxylic acids is 1. The van der Waals surface area contributed by atoms with E-state index in [0.717, 1.165) is 17.5 Å². The molecule has 4 nitrogen and oxygen atoms in total. The van der Waals surface area contributed by atoms with Crippen molar-refractivity contribution in [3.05, 3.63) is 114 Å². The topological polar surface area (TPSA) is 42.4 Å². The third-order valence-corrected chi connectivity index (χ3v) is 7.04. The molecule has 2 heterocycles. The normalized spacial score (nSPS) is 16.9. The number of nitrogens with zero attached hydrogens (tertiary/aromatic N) is 2. The summed E-state index contributed by atoms with van der Waals surface area (Å²) in [5.74, 6) is 0.341. The zero-order valence-electron chi connectivity index (χ0n) is 19.6. The average molecular weight is 451 g/mol. The number of ether oxygens (including phenoxy) is 1. The van der Waals surface area contributed by atoms with Gasteiger partial charge >= 0.3 is 0 Å². The maximum Gasteiger partial charge on any atom is 0.237 e. The summed E-state index contributed by atoms with van der Waals surface area (Å²) in [5, 5.41) is 2.36. The number of amides is 1. The minimum absolute atomic E-state index is 0.125. The Hall–Kier alpha value is -3.50. The van der Waals surface area contributed by atoms with Crippen molar-refractivity contribution in [3.63, 3.8) is 0 Å². The lowest BCUT2D eigenvalue weighted by Gasteiger charge is -2.36. The van der Waals surface area contributed by atoms with Gasteiger partial charge in [0.1, 0.15) is 0 Å². The monoisotopic (exact) mass is 450 g/mol. The predicted molar refractivity (Wildman–Crippen MR) is 136 cm³/mol. The van der Waals surface area contributed by atoms with Crippen LogP contribution in [0.5, 0.6) is 0 Å². The summed E-state index contributed by atoms with van der Waals surface area (Å²) in [7, 11) is 0. The van der Waals surface area contributed by atoms with E-state index in [0.29, 0.717) is 26.3 Å². The summed E-state index contributed by atoms with van der Waals surface area (Å²) in [5.41, 5.74) is 2.50. The molecule has 5 rings (SSSR count). The number of fused-ring (bicyclic) bond motifs is 1. The van der Waals surface area contributed by atoms with Gasteiger partial charge in [0.05, 0.1) is 18.6 Å². The van der Waals surface area contributed by atoms with Crippen molar-refractivity contribution in [1.82, 2.24) is 9.88 Å². The van der Waals surface area contributed by atoms with Crippen LogP contribution in [0.1, 0.15) is 23.6 Å². The Bertz CT molecular complexity index is 1210. The Kier molecular flexibility index (Phi) is 6.41. The maximum absolute atomic E-state index is 14.2. The van der Waals surface area contributed by atoms with Crippen LogP contribution in [0.15, 0.2) is 97.3 Å². The fourth-order valence-corrected chi connectivity index (χ4v) is 5.13. The van der Waals surface area contributed by atoms with Gasteiger partial charge in [-0.1, -0.05) is 78.9 Å². The van der Waals surface area contributed by atoms with Crippen molar-refractivity contribution in [2.75, 3.05) is 26.3 Å². The molecule has 3 aromatic carbocycles. The Morgan fingerprint density at radius 3 is 2.38 bits per heavy atom. The highest BCUT2D eigenvalue weighted by Crippen LogP contribution is 2.35. The van der Waals surface area contributed by atoms with Gasteiger partial charge in [0, 0.05) is 36.8 Å². The number of carbonyl (C=O) groups is 1. The summed E-state index contributed by atoms with van der Waals surface area (Å²) in [6, 6.07) is 28.7. The summed E-state index contributed by atoms with van der Waals surface area (Å²) < 4.78 is 5.99. The van der Waals surface area contributed by atoms with Crippen LogP contribution in [0.4, 0.5) is 0 Å². The van der Waals surface area contributed by atoms with E-state index >= 15 is 0 Å². The van der Waals surface area contributed by atoms with Crippen LogP contribution in [0.2, 0.25) is 0 Å². The lowest BCUT2D eigenvalue weighted by Crippen LogP contribution is -2.48. The lowest BCUT2D eigenvalue weighted by molar-refractivity contribution is -0.135. The van der Waals surface area contributed by atoms with Gasteiger partial charge in [-0.05, 0) is 41.5 Å².